The molecule has 0 aromatic heterocycles. The van der Waals surface area contributed by atoms with Gasteiger partial charge in [-0.05, 0) is 37.3 Å². The lowest BCUT2D eigenvalue weighted by molar-refractivity contribution is -0.384. The van der Waals surface area contributed by atoms with E-state index in [1.54, 1.807) is 6.92 Å². The normalized spacial score (nSPS) is 12.3. The fourth-order valence-corrected chi connectivity index (χ4v) is 4.02. The van der Waals surface area contributed by atoms with Crippen LogP contribution in [0.1, 0.15) is 17.3 Å². The van der Waals surface area contributed by atoms with Gasteiger partial charge in [-0.3, -0.25) is 30.6 Å². The van der Waals surface area contributed by atoms with Crippen molar-refractivity contribution in [3.63, 3.8) is 0 Å². The van der Waals surface area contributed by atoms with Gasteiger partial charge < -0.3 is 0 Å². The van der Waals surface area contributed by atoms with Crippen molar-refractivity contribution in [2.24, 2.45) is 0 Å². The first-order chi connectivity index (χ1) is 14.0. The number of non-ortho nitro benzene ring substituents is 1. The number of hydrazine groups is 1. The maximum Gasteiger partial charge on any atom is 0.269 e. The molecule has 0 heterocycles. The van der Waals surface area contributed by atoms with E-state index in [9.17, 15) is 28.1 Å². The van der Waals surface area contributed by atoms with Crippen LogP contribution >= 0.6 is 11.8 Å². The molecule has 2 aromatic carbocycles. The van der Waals surface area contributed by atoms with E-state index in [1.807, 2.05) is 0 Å². The van der Waals surface area contributed by atoms with E-state index in [2.05, 4.69) is 10.9 Å². The van der Waals surface area contributed by atoms with Gasteiger partial charge in [-0.2, -0.15) is 0 Å². The summed E-state index contributed by atoms with van der Waals surface area (Å²) in [5.74, 6) is -1.17. The summed E-state index contributed by atoms with van der Waals surface area (Å²) in [4.78, 5) is 35.3. The highest BCUT2D eigenvalue weighted by atomic mass is 32.2. The van der Waals surface area contributed by atoms with Gasteiger partial charge in [0, 0.05) is 36.7 Å². The summed E-state index contributed by atoms with van der Waals surface area (Å²) in [5, 5.41) is 10.1. The number of sulfonamides is 1. The minimum absolute atomic E-state index is 0.0476. The molecule has 0 radical (unpaired) electrons. The van der Waals surface area contributed by atoms with E-state index in [0.29, 0.717) is 4.90 Å². The van der Waals surface area contributed by atoms with Gasteiger partial charge >= 0.3 is 0 Å². The molecular weight excluding hydrogens is 432 g/mol. The largest absolute Gasteiger partial charge is 0.272 e. The smallest absolute Gasteiger partial charge is 0.269 e. The van der Waals surface area contributed by atoms with E-state index >= 15 is 0 Å². The number of carbonyl (C=O) groups excluding carboxylic acids is 2. The maximum absolute atomic E-state index is 12.3. The number of nitrogens with one attached hydrogen (secondary N) is 2. The van der Waals surface area contributed by atoms with Crippen molar-refractivity contribution < 1.29 is 22.9 Å². The number of thioether (sulfide) groups is 1. The minimum atomic E-state index is -3.70. The average Bonchev–Trinajstić information content (AvgIpc) is 2.72. The zero-order valence-electron chi connectivity index (χ0n) is 16.4. The average molecular weight is 453 g/mol. The van der Waals surface area contributed by atoms with Crippen LogP contribution in [-0.2, 0) is 14.8 Å². The molecule has 10 nitrogen and oxygen atoms in total. The van der Waals surface area contributed by atoms with E-state index in [-0.39, 0.29) is 16.1 Å². The van der Waals surface area contributed by atoms with Gasteiger partial charge in [-0.15, -0.1) is 11.8 Å². The molecule has 0 saturated carbocycles. The number of nitro groups is 1. The Kier molecular flexibility index (Phi) is 7.54. The molecule has 1 atom stereocenters. The molecule has 0 bridgehead atoms. The summed E-state index contributed by atoms with van der Waals surface area (Å²) in [6.45, 7) is 1.61. The molecule has 2 N–H and O–H groups in total. The van der Waals surface area contributed by atoms with E-state index < -0.39 is 32.0 Å². The van der Waals surface area contributed by atoms with Crippen molar-refractivity contribution >= 4 is 39.3 Å². The number of nitrogens with zero attached hydrogens (tertiary/aromatic N) is 2. The maximum atomic E-state index is 12.3. The minimum Gasteiger partial charge on any atom is -0.272 e. The number of benzene rings is 2. The molecule has 12 heteroatoms. The number of hydrogen-bond acceptors (Lipinski definition) is 7. The van der Waals surface area contributed by atoms with Crippen molar-refractivity contribution in [3.8, 4) is 0 Å². The quantitative estimate of drug-likeness (QED) is 0.371. The van der Waals surface area contributed by atoms with Gasteiger partial charge in [-0.25, -0.2) is 12.7 Å². The van der Waals surface area contributed by atoms with Crippen LogP contribution in [0.3, 0.4) is 0 Å². The Hall–Kier alpha value is -2.96. The summed E-state index contributed by atoms with van der Waals surface area (Å²) < 4.78 is 25.4. The SMILES string of the molecule is CC(Sc1ccc([N+](=O)[O-])cc1)C(=O)NNC(=O)c1cccc(S(=O)(=O)N(C)C)c1. The van der Waals surface area contributed by atoms with E-state index in [1.165, 1.54) is 62.6 Å². The molecular formula is C18H20N4O6S2. The van der Waals surface area contributed by atoms with Crippen LogP contribution in [0.5, 0.6) is 0 Å². The van der Waals surface area contributed by atoms with E-state index in [4.69, 9.17) is 0 Å². The second-order valence-electron chi connectivity index (χ2n) is 6.27. The zero-order valence-corrected chi connectivity index (χ0v) is 18.0. The summed E-state index contributed by atoms with van der Waals surface area (Å²) in [6, 6.07) is 11.2. The molecule has 2 amide bonds. The lowest BCUT2D eigenvalue weighted by atomic mass is 10.2. The third-order valence-electron chi connectivity index (χ3n) is 3.90. The Morgan fingerprint density at radius 2 is 1.73 bits per heavy atom. The number of nitro benzene ring substituents is 1. The zero-order chi connectivity index (χ0) is 22.5. The highest BCUT2D eigenvalue weighted by Crippen LogP contribution is 2.25. The van der Waals surface area contributed by atoms with Crippen LogP contribution in [0.15, 0.2) is 58.3 Å². The monoisotopic (exact) mass is 452 g/mol. The highest BCUT2D eigenvalue weighted by molar-refractivity contribution is 8.00. The fourth-order valence-electron chi connectivity index (χ4n) is 2.20. The summed E-state index contributed by atoms with van der Waals surface area (Å²) >= 11 is 1.16. The number of carbonyl (C=O) groups is 2. The molecule has 0 aliphatic rings. The summed E-state index contributed by atoms with van der Waals surface area (Å²) in [6.07, 6.45) is 0. The Bertz CT molecular complexity index is 1050. The van der Waals surface area contributed by atoms with Gasteiger partial charge in [0.1, 0.15) is 0 Å². The molecule has 1 unspecified atom stereocenters. The van der Waals surface area contributed by atoms with Crippen molar-refractivity contribution in [2.45, 2.75) is 22.0 Å². The predicted molar refractivity (Wildman–Crippen MR) is 111 cm³/mol. The predicted octanol–water partition coefficient (Wildman–Crippen LogP) is 1.79. The molecule has 0 spiro atoms. The molecule has 2 aromatic rings. The van der Waals surface area contributed by atoms with Crippen LogP contribution in [-0.4, -0.2) is 48.8 Å². The van der Waals surface area contributed by atoms with Gasteiger partial charge in [0.2, 0.25) is 10.0 Å². The molecule has 0 fully saturated rings. The van der Waals surface area contributed by atoms with Gasteiger partial charge in [0.15, 0.2) is 0 Å². The van der Waals surface area contributed by atoms with E-state index in [0.717, 1.165) is 16.1 Å². The number of hydrogen-bond donors (Lipinski definition) is 2. The van der Waals surface area contributed by atoms with Gasteiger partial charge in [-0.1, -0.05) is 6.07 Å². The molecule has 0 aliphatic carbocycles. The van der Waals surface area contributed by atoms with Gasteiger partial charge in [0.25, 0.3) is 17.5 Å². The first-order valence-electron chi connectivity index (χ1n) is 8.56. The second kappa shape index (κ2) is 9.69. The second-order valence-corrected chi connectivity index (χ2v) is 9.84. The van der Waals surface area contributed by atoms with Crippen LogP contribution in [0, 0.1) is 10.1 Å². The van der Waals surface area contributed by atoms with Crippen molar-refractivity contribution in [1.82, 2.24) is 15.2 Å². The molecule has 0 aliphatic heterocycles. The Labute approximate surface area is 177 Å². The Morgan fingerprint density at radius 3 is 2.30 bits per heavy atom. The molecule has 0 saturated heterocycles. The molecule has 2 rings (SSSR count). The van der Waals surface area contributed by atoms with Crippen LogP contribution < -0.4 is 10.9 Å². The first-order valence-corrected chi connectivity index (χ1v) is 10.9. The first kappa shape index (κ1) is 23.3. The van der Waals surface area contributed by atoms with Crippen molar-refractivity contribution in [1.29, 1.82) is 0 Å². The number of amides is 2. The van der Waals surface area contributed by atoms with Crippen LogP contribution in [0.4, 0.5) is 5.69 Å². The molecule has 160 valence electrons. The number of rotatable bonds is 7. The van der Waals surface area contributed by atoms with Crippen molar-refractivity contribution in [2.75, 3.05) is 14.1 Å². The Balaban J connectivity index is 1.97. The third-order valence-corrected chi connectivity index (χ3v) is 6.83. The molecule has 30 heavy (non-hydrogen) atoms. The van der Waals surface area contributed by atoms with Crippen LogP contribution in [0.25, 0.3) is 0 Å². The Morgan fingerprint density at radius 1 is 1.10 bits per heavy atom. The third kappa shape index (κ3) is 5.78. The lowest BCUT2D eigenvalue weighted by Gasteiger charge is -2.14. The topological polar surface area (TPSA) is 139 Å². The fraction of sp³-hybridized carbons (Fsp3) is 0.222. The lowest BCUT2D eigenvalue weighted by Crippen LogP contribution is -2.44. The standard InChI is InChI=1S/C18H20N4O6S2/c1-12(29-15-9-7-14(8-10-15)22(25)26)17(23)19-20-18(24)13-5-4-6-16(11-13)30(27,28)21(2)3/h4-12H,1-3H3,(H,19,23)(H,20,24). The summed E-state index contributed by atoms with van der Waals surface area (Å²) in [5.41, 5.74) is 4.54. The van der Waals surface area contributed by atoms with Gasteiger partial charge in [0.05, 0.1) is 15.1 Å². The van der Waals surface area contributed by atoms with Crippen LogP contribution in [0.2, 0.25) is 0 Å². The van der Waals surface area contributed by atoms with Crippen molar-refractivity contribution in [3.05, 3.63) is 64.2 Å². The summed E-state index contributed by atoms with van der Waals surface area (Å²) in [7, 11) is -0.938. The highest BCUT2D eigenvalue weighted by Gasteiger charge is 2.20.